The van der Waals surface area contributed by atoms with Crippen LogP contribution in [-0.4, -0.2) is 23.5 Å². The number of nitro benzene ring substituents is 1. The zero-order chi connectivity index (χ0) is 21.1. The van der Waals surface area contributed by atoms with E-state index in [1.807, 2.05) is 24.3 Å². The average molecular weight is 386 g/mol. The summed E-state index contributed by atoms with van der Waals surface area (Å²) in [5, 5.41) is 13.9. The van der Waals surface area contributed by atoms with E-state index in [0.717, 1.165) is 5.56 Å². The van der Waals surface area contributed by atoms with Crippen molar-refractivity contribution in [1.29, 1.82) is 0 Å². The monoisotopic (exact) mass is 386 g/mol. The first-order valence-corrected chi connectivity index (χ1v) is 8.87. The average Bonchev–Trinajstić information content (AvgIpc) is 2.61. The number of hydrogen-bond acceptors (Lipinski definition) is 5. The highest BCUT2D eigenvalue weighted by molar-refractivity contribution is 5.98. The lowest BCUT2D eigenvalue weighted by Gasteiger charge is -2.26. The maximum absolute atomic E-state index is 12.7. The standard InChI is InChI=1S/C21H26N2O5/c1-20(2,3)14-7-9-15(10-8-14)28-21(4,5)19(24)22-17-12-11-16(27-6)13-18(17)23(25)26/h7-13H,1-6H3,(H,22,24). The van der Waals surface area contributed by atoms with Crippen molar-refractivity contribution in [2.75, 3.05) is 12.4 Å². The van der Waals surface area contributed by atoms with Crippen LogP contribution in [0.4, 0.5) is 11.4 Å². The third-order valence-electron chi connectivity index (χ3n) is 4.29. The van der Waals surface area contributed by atoms with E-state index in [-0.39, 0.29) is 16.8 Å². The number of nitro groups is 1. The van der Waals surface area contributed by atoms with Crippen LogP contribution in [0.1, 0.15) is 40.2 Å². The first-order chi connectivity index (χ1) is 12.9. The molecule has 0 aliphatic rings. The zero-order valence-corrected chi connectivity index (χ0v) is 17.0. The molecule has 0 aliphatic heterocycles. The van der Waals surface area contributed by atoms with E-state index >= 15 is 0 Å². The molecule has 0 aliphatic carbocycles. The highest BCUT2D eigenvalue weighted by Gasteiger charge is 2.32. The number of anilines is 1. The molecule has 0 atom stereocenters. The summed E-state index contributed by atoms with van der Waals surface area (Å²) in [6.45, 7) is 9.55. The van der Waals surface area contributed by atoms with Crippen LogP contribution in [0.15, 0.2) is 42.5 Å². The molecule has 0 spiro atoms. The minimum atomic E-state index is -1.24. The van der Waals surface area contributed by atoms with Crippen molar-refractivity contribution in [3.8, 4) is 11.5 Å². The fourth-order valence-corrected chi connectivity index (χ4v) is 2.53. The van der Waals surface area contributed by atoms with Gasteiger partial charge >= 0.3 is 0 Å². The van der Waals surface area contributed by atoms with Crippen LogP contribution in [0.2, 0.25) is 0 Å². The predicted octanol–water partition coefficient (Wildman–Crippen LogP) is 4.70. The number of nitrogens with one attached hydrogen (secondary N) is 1. The van der Waals surface area contributed by atoms with Crippen molar-refractivity contribution >= 4 is 17.3 Å². The number of carbonyl (C=O) groups excluding carboxylic acids is 1. The minimum Gasteiger partial charge on any atom is -0.496 e. The summed E-state index contributed by atoms with van der Waals surface area (Å²) in [4.78, 5) is 23.4. The quantitative estimate of drug-likeness (QED) is 0.574. The normalized spacial score (nSPS) is 11.6. The Hall–Kier alpha value is -3.09. The van der Waals surface area contributed by atoms with Gasteiger partial charge in [0.1, 0.15) is 17.2 Å². The van der Waals surface area contributed by atoms with E-state index in [2.05, 4.69) is 26.1 Å². The highest BCUT2D eigenvalue weighted by atomic mass is 16.6. The lowest BCUT2D eigenvalue weighted by molar-refractivity contribution is -0.384. The van der Waals surface area contributed by atoms with Gasteiger partial charge in [0.2, 0.25) is 0 Å². The highest BCUT2D eigenvalue weighted by Crippen LogP contribution is 2.31. The maximum Gasteiger partial charge on any atom is 0.296 e. The third-order valence-corrected chi connectivity index (χ3v) is 4.29. The Kier molecular flexibility index (Phi) is 5.97. The van der Waals surface area contributed by atoms with E-state index in [1.165, 1.54) is 19.2 Å². The van der Waals surface area contributed by atoms with E-state index in [1.54, 1.807) is 19.9 Å². The number of carbonyl (C=O) groups is 1. The lowest BCUT2D eigenvalue weighted by Crippen LogP contribution is -2.42. The number of rotatable bonds is 6. The number of hydrogen-bond donors (Lipinski definition) is 1. The molecule has 0 fully saturated rings. The fraction of sp³-hybridized carbons (Fsp3) is 0.381. The first-order valence-electron chi connectivity index (χ1n) is 8.87. The summed E-state index contributed by atoms with van der Waals surface area (Å²) in [6, 6.07) is 11.8. The van der Waals surface area contributed by atoms with Crippen LogP contribution in [0.3, 0.4) is 0 Å². The molecule has 28 heavy (non-hydrogen) atoms. The molecule has 7 heteroatoms. The van der Waals surface area contributed by atoms with Gasteiger partial charge in [-0.25, -0.2) is 0 Å². The molecule has 0 saturated carbocycles. The van der Waals surface area contributed by atoms with Crippen molar-refractivity contribution < 1.29 is 19.2 Å². The SMILES string of the molecule is COc1ccc(NC(=O)C(C)(C)Oc2ccc(C(C)(C)C)cc2)c([N+](=O)[O-])c1. The number of methoxy groups -OCH3 is 1. The topological polar surface area (TPSA) is 90.7 Å². The molecule has 1 amide bonds. The summed E-state index contributed by atoms with van der Waals surface area (Å²) < 4.78 is 10.8. The Labute approximate surface area is 164 Å². The summed E-state index contributed by atoms with van der Waals surface area (Å²) >= 11 is 0. The zero-order valence-electron chi connectivity index (χ0n) is 17.0. The van der Waals surface area contributed by atoms with Gasteiger partial charge in [-0.15, -0.1) is 0 Å². The summed E-state index contributed by atoms with van der Waals surface area (Å²) in [6.07, 6.45) is 0. The fourth-order valence-electron chi connectivity index (χ4n) is 2.53. The van der Waals surface area contributed by atoms with E-state index in [0.29, 0.717) is 11.5 Å². The van der Waals surface area contributed by atoms with Crippen molar-refractivity contribution in [3.05, 3.63) is 58.1 Å². The molecule has 2 rings (SSSR count). The molecule has 0 heterocycles. The largest absolute Gasteiger partial charge is 0.496 e. The van der Waals surface area contributed by atoms with Gasteiger partial charge in [0.05, 0.1) is 18.1 Å². The van der Waals surface area contributed by atoms with E-state index in [4.69, 9.17) is 9.47 Å². The number of nitrogens with zero attached hydrogens (tertiary/aromatic N) is 1. The summed E-state index contributed by atoms with van der Waals surface area (Å²) in [5.41, 5.74) is -0.250. The Morgan fingerprint density at radius 3 is 2.07 bits per heavy atom. The van der Waals surface area contributed by atoms with Crippen LogP contribution in [-0.2, 0) is 10.2 Å². The molecule has 0 saturated heterocycles. The Morgan fingerprint density at radius 2 is 1.57 bits per heavy atom. The van der Waals surface area contributed by atoms with E-state index < -0.39 is 16.4 Å². The van der Waals surface area contributed by atoms with Crippen LogP contribution < -0.4 is 14.8 Å². The molecular formula is C21H26N2O5. The summed E-state index contributed by atoms with van der Waals surface area (Å²) in [7, 11) is 1.42. The van der Waals surface area contributed by atoms with Gasteiger partial charge in [0.25, 0.3) is 11.6 Å². The second-order valence-electron chi connectivity index (χ2n) is 7.98. The Bertz CT molecular complexity index is 867. The Morgan fingerprint density at radius 1 is 1.00 bits per heavy atom. The van der Waals surface area contributed by atoms with E-state index in [9.17, 15) is 14.9 Å². The van der Waals surface area contributed by atoms with Crippen molar-refractivity contribution in [2.24, 2.45) is 0 Å². The molecule has 0 bridgehead atoms. The van der Waals surface area contributed by atoms with Gasteiger partial charge in [0.15, 0.2) is 5.60 Å². The number of benzene rings is 2. The third kappa shape index (κ3) is 5.00. The molecule has 2 aromatic carbocycles. The molecule has 150 valence electrons. The Balaban J connectivity index is 2.18. The second kappa shape index (κ2) is 7.88. The van der Waals surface area contributed by atoms with Crippen LogP contribution in [0.5, 0.6) is 11.5 Å². The predicted molar refractivity (Wildman–Crippen MR) is 108 cm³/mol. The van der Waals surface area contributed by atoms with Gasteiger partial charge < -0.3 is 14.8 Å². The van der Waals surface area contributed by atoms with Crippen LogP contribution in [0.25, 0.3) is 0 Å². The molecule has 1 N–H and O–H groups in total. The van der Waals surface area contributed by atoms with Crippen LogP contribution >= 0.6 is 0 Å². The minimum absolute atomic E-state index is 0.0126. The number of ether oxygens (including phenoxy) is 2. The van der Waals surface area contributed by atoms with Gasteiger partial charge in [-0.1, -0.05) is 32.9 Å². The molecular weight excluding hydrogens is 360 g/mol. The molecule has 2 aromatic rings. The molecule has 0 unspecified atom stereocenters. The van der Waals surface area contributed by atoms with Gasteiger partial charge in [-0.05, 0) is 49.1 Å². The number of amides is 1. The first kappa shape index (κ1) is 21.2. The molecule has 0 radical (unpaired) electrons. The van der Waals surface area contributed by atoms with Gasteiger partial charge in [-0.2, -0.15) is 0 Å². The van der Waals surface area contributed by atoms with Crippen molar-refractivity contribution in [3.63, 3.8) is 0 Å². The van der Waals surface area contributed by atoms with Gasteiger partial charge in [-0.3, -0.25) is 14.9 Å². The van der Waals surface area contributed by atoms with Crippen LogP contribution in [0, 0.1) is 10.1 Å². The molecule has 7 nitrogen and oxygen atoms in total. The second-order valence-corrected chi connectivity index (χ2v) is 7.98. The maximum atomic E-state index is 12.7. The lowest BCUT2D eigenvalue weighted by atomic mass is 9.87. The smallest absolute Gasteiger partial charge is 0.296 e. The molecule has 0 aromatic heterocycles. The van der Waals surface area contributed by atoms with Crippen molar-refractivity contribution in [1.82, 2.24) is 0 Å². The van der Waals surface area contributed by atoms with Crippen molar-refractivity contribution in [2.45, 2.75) is 45.6 Å². The summed E-state index contributed by atoms with van der Waals surface area (Å²) in [5.74, 6) is 0.372. The van der Waals surface area contributed by atoms with Gasteiger partial charge in [0, 0.05) is 0 Å².